The molecule has 0 unspecified atom stereocenters. The molecule has 54 valence electrons. The van der Waals surface area contributed by atoms with Crippen molar-refractivity contribution in [2.75, 3.05) is 18.1 Å². The van der Waals surface area contributed by atoms with Crippen molar-refractivity contribution >= 4 is 11.8 Å². The molecule has 0 aromatic rings. The summed E-state index contributed by atoms with van der Waals surface area (Å²) in [5.41, 5.74) is 5.25. The van der Waals surface area contributed by atoms with Crippen molar-refractivity contribution in [3.63, 3.8) is 0 Å². The van der Waals surface area contributed by atoms with Crippen LogP contribution in [0.5, 0.6) is 0 Å². The zero-order chi connectivity index (χ0) is 6.95. The van der Waals surface area contributed by atoms with Gasteiger partial charge in [-0.15, -0.1) is 0 Å². The second-order valence-electron chi connectivity index (χ2n) is 1.69. The van der Waals surface area contributed by atoms with Crippen molar-refractivity contribution in [2.24, 2.45) is 5.73 Å². The topological polar surface area (TPSA) is 26.0 Å². The van der Waals surface area contributed by atoms with Crippen LogP contribution in [0, 0.1) is 0 Å². The summed E-state index contributed by atoms with van der Waals surface area (Å²) in [5, 5.41) is 0. The van der Waals surface area contributed by atoms with Gasteiger partial charge < -0.3 is 5.73 Å². The molecule has 0 atom stereocenters. The minimum atomic E-state index is 0.677. The van der Waals surface area contributed by atoms with E-state index in [9.17, 15) is 0 Å². The van der Waals surface area contributed by atoms with Crippen molar-refractivity contribution < 1.29 is 0 Å². The maximum atomic E-state index is 5.25. The van der Waals surface area contributed by atoms with Gasteiger partial charge in [-0.25, -0.2) is 0 Å². The molecule has 0 spiro atoms. The van der Waals surface area contributed by atoms with E-state index in [0.29, 0.717) is 6.54 Å². The highest BCUT2D eigenvalue weighted by Crippen LogP contribution is 2.00. The Bertz CT molecular complexity index is 71.3. The summed E-state index contributed by atoms with van der Waals surface area (Å²) in [6.45, 7) is 2.86. The molecule has 0 heterocycles. The lowest BCUT2D eigenvalue weighted by molar-refractivity contribution is 1.18. The first-order chi connectivity index (χ1) is 4.41. The van der Waals surface area contributed by atoms with E-state index in [-0.39, 0.29) is 0 Å². The summed E-state index contributed by atoms with van der Waals surface area (Å²) in [4.78, 5) is 0. The van der Waals surface area contributed by atoms with Gasteiger partial charge in [0.15, 0.2) is 0 Å². The largest absolute Gasteiger partial charge is 0.327 e. The average Bonchev–Trinajstić information content (AvgIpc) is 1.89. The Hall–Kier alpha value is 0.0500. The predicted octanol–water partition coefficient (Wildman–Crippen LogP) is 1.64. The van der Waals surface area contributed by atoms with Gasteiger partial charge in [0.2, 0.25) is 0 Å². The molecule has 9 heavy (non-hydrogen) atoms. The Balaban J connectivity index is 2.82. The van der Waals surface area contributed by atoms with E-state index < -0.39 is 0 Å². The van der Waals surface area contributed by atoms with Crippen molar-refractivity contribution in [2.45, 2.75) is 13.3 Å². The first-order valence-electron chi connectivity index (χ1n) is 3.34. The number of hydrogen-bond donors (Lipinski definition) is 1. The van der Waals surface area contributed by atoms with E-state index in [1.54, 1.807) is 0 Å². The second-order valence-corrected chi connectivity index (χ2v) is 3.09. The van der Waals surface area contributed by atoms with Crippen LogP contribution < -0.4 is 5.73 Å². The highest BCUT2D eigenvalue weighted by molar-refractivity contribution is 7.99. The third-order valence-corrected chi connectivity index (χ3v) is 1.87. The van der Waals surface area contributed by atoms with E-state index in [1.807, 2.05) is 17.8 Å². The third-order valence-electron chi connectivity index (χ3n) is 0.936. The lowest BCUT2D eigenvalue weighted by Gasteiger charge is -1.90. The van der Waals surface area contributed by atoms with Crippen LogP contribution in [0.1, 0.15) is 13.3 Å². The molecule has 0 radical (unpaired) electrons. The van der Waals surface area contributed by atoms with Crippen LogP contribution in [0.4, 0.5) is 0 Å². The molecule has 0 aromatic carbocycles. The molecule has 0 aliphatic carbocycles. The van der Waals surface area contributed by atoms with Crippen LogP contribution in [-0.4, -0.2) is 18.1 Å². The molecular formula is C7H15NS. The lowest BCUT2D eigenvalue weighted by Crippen LogP contribution is -1.92. The van der Waals surface area contributed by atoms with Gasteiger partial charge in [-0.05, 0) is 17.9 Å². The summed E-state index contributed by atoms with van der Waals surface area (Å²) in [7, 11) is 0. The predicted molar refractivity (Wildman–Crippen MR) is 45.8 cm³/mol. The number of hydrogen-bond acceptors (Lipinski definition) is 2. The molecule has 0 saturated heterocycles. The van der Waals surface area contributed by atoms with Crippen molar-refractivity contribution in [3.05, 3.63) is 12.2 Å². The normalized spacial score (nSPS) is 10.9. The molecule has 0 saturated carbocycles. The fraction of sp³-hybridized carbons (Fsp3) is 0.714. The van der Waals surface area contributed by atoms with Gasteiger partial charge in [0.1, 0.15) is 0 Å². The molecular weight excluding hydrogens is 130 g/mol. The lowest BCUT2D eigenvalue weighted by atomic mass is 10.4. The van der Waals surface area contributed by atoms with Crippen LogP contribution in [0.3, 0.4) is 0 Å². The SMILES string of the molecule is CCSCCC=CCN. The Kier molecular flexibility index (Phi) is 8.09. The minimum absolute atomic E-state index is 0.677. The Morgan fingerprint density at radius 2 is 2.22 bits per heavy atom. The van der Waals surface area contributed by atoms with Gasteiger partial charge in [0, 0.05) is 6.54 Å². The summed E-state index contributed by atoms with van der Waals surface area (Å²) in [5.74, 6) is 2.45. The summed E-state index contributed by atoms with van der Waals surface area (Å²) in [6.07, 6.45) is 5.31. The fourth-order valence-electron chi connectivity index (χ4n) is 0.510. The molecule has 0 aromatic heterocycles. The highest BCUT2D eigenvalue weighted by atomic mass is 32.2. The van der Waals surface area contributed by atoms with Gasteiger partial charge in [0.25, 0.3) is 0 Å². The van der Waals surface area contributed by atoms with Gasteiger partial charge in [-0.2, -0.15) is 11.8 Å². The van der Waals surface area contributed by atoms with Crippen molar-refractivity contribution in [1.29, 1.82) is 0 Å². The number of thioether (sulfide) groups is 1. The van der Waals surface area contributed by atoms with Gasteiger partial charge in [0.05, 0.1) is 0 Å². The second kappa shape index (κ2) is 8.05. The molecule has 0 amide bonds. The van der Waals surface area contributed by atoms with Gasteiger partial charge >= 0.3 is 0 Å². The van der Waals surface area contributed by atoms with Crippen LogP contribution in [0.2, 0.25) is 0 Å². The molecule has 0 aliphatic heterocycles. The molecule has 2 heteroatoms. The number of rotatable bonds is 5. The van der Waals surface area contributed by atoms with Gasteiger partial charge in [-0.3, -0.25) is 0 Å². The summed E-state index contributed by atoms with van der Waals surface area (Å²) < 4.78 is 0. The van der Waals surface area contributed by atoms with Crippen LogP contribution in [-0.2, 0) is 0 Å². The number of nitrogens with two attached hydrogens (primary N) is 1. The quantitative estimate of drug-likeness (QED) is 0.470. The first kappa shape index (κ1) is 9.05. The highest BCUT2D eigenvalue weighted by Gasteiger charge is 1.79. The Morgan fingerprint density at radius 3 is 2.78 bits per heavy atom. The van der Waals surface area contributed by atoms with Crippen molar-refractivity contribution in [3.8, 4) is 0 Å². The molecule has 2 N–H and O–H groups in total. The third kappa shape index (κ3) is 8.05. The average molecular weight is 145 g/mol. The smallest absolute Gasteiger partial charge is 0.0106 e. The van der Waals surface area contributed by atoms with Gasteiger partial charge in [-0.1, -0.05) is 19.1 Å². The van der Waals surface area contributed by atoms with E-state index in [2.05, 4.69) is 13.0 Å². The fourth-order valence-corrected chi connectivity index (χ4v) is 1.10. The van der Waals surface area contributed by atoms with E-state index in [4.69, 9.17) is 5.73 Å². The summed E-state index contributed by atoms with van der Waals surface area (Å²) in [6, 6.07) is 0. The molecule has 0 rings (SSSR count). The van der Waals surface area contributed by atoms with Crippen LogP contribution in [0.15, 0.2) is 12.2 Å². The van der Waals surface area contributed by atoms with Crippen molar-refractivity contribution in [1.82, 2.24) is 0 Å². The van der Waals surface area contributed by atoms with Crippen LogP contribution in [0.25, 0.3) is 0 Å². The molecule has 0 aliphatic rings. The molecule has 1 nitrogen and oxygen atoms in total. The van der Waals surface area contributed by atoms with E-state index >= 15 is 0 Å². The standard InChI is InChI=1S/C7H15NS/c1-2-9-7-5-3-4-6-8/h3-4H,2,5-8H2,1H3. The Morgan fingerprint density at radius 1 is 1.44 bits per heavy atom. The minimum Gasteiger partial charge on any atom is -0.327 e. The Labute approximate surface area is 61.7 Å². The van der Waals surface area contributed by atoms with E-state index in [0.717, 1.165) is 6.42 Å². The van der Waals surface area contributed by atoms with E-state index in [1.165, 1.54) is 11.5 Å². The molecule has 0 fully saturated rings. The zero-order valence-corrected chi connectivity index (χ0v) is 6.79. The maximum absolute atomic E-state index is 5.25. The number of allylic oxidation sites excluding steroid dienone is 1. The monoisotopic (exact) mass is 145 g/mol. The maximum Gasteiger partial charge on any atom is 0.0106 e. The zero-order valence-electron chi connectivity index (χ0n) is 5.97. The molecule has 0 bridgehead atoms. The van der Waals surface area contributed by atoms with Crippen LogP contribution >= 0.6 is 11.8 Å². The summed E-state index contributed by atoms with van der Waals surface area (Å²) >= 11 is 1.97. The first-order valence-corrected chi connectivity index (χ1v) is 4.50.